The number of aliphatic carboxylic acids is 1. The smallest absolute Gasteiger partial charge is 0.308 e. The number of carboxylic acids is 1. The summed E-state index contributed by atoms with van der Waals surface area (Å²) in [5.41, 5.74) is 0.814. The minimum absolute atomic E-state index is 0.117. The molecule has 1 aromatic heterocycles. The summed E-state index contributed by atoms with van der Waals surface area (Å²) in [7, 11) is 1.78. The highest BCUT2D eigenvalue weighted by atomic mass is 16.4. The van der Waals surface area contributed by atoms with Crippen LogP contribution in [0, 0.1) is 5.92 Å². The molecular formula is C11H15N3O3. The molecule has 0 aromatic carbocycles. The second-order valence-electron chi connectivity index (χ2n) is 3.77. The molecule has 0 saturated heterocycles. The first-order chi connectivity index (χ1) is 7.99. The zero-order chi connectivity index (χ0) is 12.8. The number of nitrogens with one attached hydrogen (secondary N) is 1. The molecule has 2 N–H and O–H groups in total. The van der Waals surface area contributed by atoms with Crippen molar-refractivity contribution in [3.63, 3.8) is 0 Å². The summed E-state index contributed by atoms with van der Waals surface area (Å²) in [6.07, 6.45) is 6.37. The SMILES string of the molecule is CC(CNC(=O)/C=C/c1cnn(C)c1)C(=O)O. The number of carboxylic acid groups (broad SMARTS) is 1. The van der Waals surface area contributed by atoms with E-state index >= 15 is 0 Å². The number of hydrogen-bond acceptors (Lipinski definition) is 3. The number of aryl methyl sites for hydroxylation is 1. The third-order valence-corrected chi connectivity index (χ3v) is 2.16. The standard InChI is InChI=1S/C11H15N3O3/c1-8(11(16)17)5-12-10(15)4-3-9-6-13-14(2)7-9/h3-4,6-8H,5H2,1-2H3,(H,12,15)(H,16,17)/b4-3+. The Morgan fingerprint density at radius 1 is 1.65 bits per heavy atom. The Morgan fingerprint density at radius 2 is 2.35 bits per heavy atom. The highest BCUT2D eigenvalue weighted by Gasteiger charge is 2.10. The van der Waals surface area contributed by atoms with Gasteiger partial charge < -0.3 is 10.4 Å². The Balaban J connectivity index is 2.39. The van der Waals surface area contributed by atoms with Gasteiger partial charge >= 0.3 is 5.97 Å². The maximum atomic E-state index is 11.3. The summed E-state index contributed by atoms with van der Waals surface area (Å²) in [6.45, 7) is 1.65. The lowest BCUT2D eigenvalue weighted by Gasteiger charge is -2.05. The molecule has 1 atom stereocenters. The van der Waals surface area contributed by atoms with Gasteiger partial charge in [0.15, 0.2) is 0 Å². The van der Waals surface area contributed by atoms with Crippen molar-refractivity contribution in [3.8, 4) is 0 Å². The molecule has 1 rings (SSSR count). The predicted molar refractivity (Wildman–Crippen MR) is 62.1 cm³/mol. The first-order valence-electron chi connectivity index (χ1n) is 5.16. The summed E-state index contributed by atoms with van der Waals surface area (Å²) >= 11 is 0. The van der Waals surface area contributed by atoms with Gasteiger partial charge in [0.1, 0.15) is 0 Å². The molecule has 1 aromatic rings. The normalized spacial score (nSPS) is 12.6. The maximum Gasteiger partial charge on any atom is 0.308 e. The third-order valence-electron chi connectivity index (χ3n) is 2.16. The van der Waals surface area contributed by atoms with Gasteiger partial charge in [-0.3, -0.25) is 14.3 Å². The van der Waals surface area contributed by atoms with Crippen molar-refractivity contribution in [2.75, 3.05) is 6.54 Å². The molecule has 0 bridgehead atoms. The van der Waals surface area contributed by atoms with Crippen molar-refractivity contribution < 1.29 is 14.7 Å². The van der Waals surface area contributed by atoms with Crippen LogP contribution < -0.4 is 5.32 Å². The third kappa shape index (κ3) is 4.50. The van der Waals surface area contributed by atoms with Crippen LogP contribution in [0.3, 0.4) is 0 Å². The highest BCUT2D eigenvalue weighted by molar-refractivity contribution is 5.91. The first-order valence-corrected chi connectivity index (χ1v) is 5.16. The van der Waals surface area contributed by atoms with Crippen LogP contribution in [0.1, 0.15) is 12.5 Å². The molecular weight excluding hydrogens is 222 g/mol. The number of hydrogen-bond donors (Lipinski definition) is 2. The summed E-state index contributed by atoms with van der Waals surface area (Å²) in [5, 5.41) is 15.1. The minimum atomic E-state index is -0.929. The Labute approximate surface area is 98.9 Å². The number of carbonyl (C=O) groups excluding carboxylic acids is 1. The molecule has 0 aliphatic carbocycles. The van der Waals surface area contributed by atoms with Crippen LogP contribution in [0.4, 0.5) is 0 Å². The average molecular weight is 237 g/mol. The zero-order valence-electron chi connectivity index (χ0n) is 9.75. The van der Waals surface area contributed by atoms with Crippen molar-refractivity contribution in [1.82, 2.24) is 15.1 Å². The Kier molecular flexibility index (Phi) is 4.45. The fourth-order valence-electron chi connectivity index (χ4n) is 1.10. The van der Waals surface area contributed by atoms with Crippen LogP contribution in [-0.2, 0) is 16.6 Å². The first kappa shape index (κ1) is 13.0. The van der Waals surface area contributed by atoms with E-state index in [1.165, 1.54) is 13.0 Å². The lowest BCUT2D eigenvalue weighted by atomic mass is 10.2. The van der Waals surface area contributed by atoms with Gasteiger partial charge in [-0.15, -0.1) is 0 Å². The molecule has 1 unspecified atom stereocenters. The number of nitrogens with zero attached hydrogens (tertiary/aromatic N) is 2. The van der Waals surface area contributed by atoms with Crippen LogP contribution in [0.15, 0.2) is 18.5 Å². The second-order valence-corrected chi connectivity index (χ2v) is 3.77. The van der Waals surface area contributed by atoms with Gasteiger partial charge in [-0.2, -0.15) is 5.10 Å². The molecule has 17 heavy (non-hydrogen) atoms. The number of aromatic nitrogens is 2. The molecule has 0 saturated carbocycles. The summed E-state index contributed by atoms with van der Waals surface area (Å²) in [4.78, 5) is 21.8. The predicted octanol–water partition coefficient (Wildman–Crippen LogP) is 0.270. The molecule has 92 valence electrons. The van der Waals surface area contributed by atoms with E-state index in [0.29, 0.717) is 0 Å². The molecule has 6 nitrogen and oxygen atoms in total. The largest absolute Gasteiger partial charge is 0.481 e. The summed E-state index contributed by atoms with van der Waals surface area (Å²) < 4.78 is 1.63. The van der Waals surface area contributed by atoms with Crippen LogP contribution in [-0.4, -0.2) is 33.3 Å². The van der Waals surface area contributed by atoms with Gasteiger partial charge in [0.2, 0.25) is 5.91 Å². The van der Waals surface area contributed by atoms with Crippen LogP contribution in [0.2, 0.25) is 0 Å². The fourth-order valence-corrected chi connectivity index (χ4v) is 1.10. The maximum absolute atomic E-state index is 11.3. The monoisotopic (exact) mass is 237 g/mol. The zero-order valence-corrected chi connectivity index (χ0v) is 9.75. The van der Waals surface area contributed by atoms with E-state index in [0.717, 1.165) is 5.56 Å². The van der Waals surface area contributed by atoms with Gasteiger partial charge in [-0.05, 0) is 6.08 Å². The van der Waals surface area contributed by atoms with Crippen molar-refractivity contribution in [2.24, 2.45) is 13.0 Å². The van der Waals surface area contributed by atoms with E-state index in [1.807, 2.05) is 0 Å². The van der Waals surface area contributed by atoms with Gasteiger partial charge in [0.25, 0.3) is 0 Å². The van der Waals surface area contributed by atoms with E-state index in [1.54, 1.807) is 30.2 Å². The second kappa shape index (κ2) is 5.83. The number of carbonyl (C=O) groups is 2. The fraction of sp³-hybridized carbons (Fsp3) is 0.364. The molecule has 1 amide bonds. The molecule has 0 aliphatic heterocycles. The van der Waals surface area contributed by atoms with Crippen molar-refractivity contribution >= 4 is 18.0 Å². The van der Waals surface area contributed by atoms with E-state index in [4.69, 9.17) is 5.11 Å². The molecule has 0 radical (unpaired) electrons. The Morgan fingerprint density at radius 3 is 2.88 bits per heavy atom. The highest BCUT2D eigenvalue weighted by Crippen LogP contribution is 1.98. The van der Waals surface area contributed by atoms with Crippen molar-refractivity contribution in [3.05, 3.63) is 24.0 Å². The molecule has 0 aliphatic rings. The average Bonchev–Trinajstić information content (AvgIpc) is 2.69. The van der Waals surface area contributed by atoms with E-state index in [2.05, 4.69) is 10.4 Å². The van der Waals surface area contributed by atoms with E-state index in [-0.39, 0.29) is 12.5 Å². The Hall–Kier alpha value is -2.11. The molecule has 1 heterocycles. The van der Waals surface area contributed by atoms with Gasteiger partial charge in [-0.1, -0.05) is 6.92 Å². The van der Waals surface area contributed by atoms with Crippen LogP contribution in [0.5, 0.6) is 0 Å². The lowest BCUT2D eigenvalue weighted by Crippen LogP contribution is -2.30. The van der Waals surface area contributed by atoms with Crippen LogP contribution in [0.25, 0.3) is 6.08 Å². The molecule has 0 fully saturated rings. The lowest BCUT2D eigenvalue weighted by molar-refractivity contribution is -0.141. The van der Waals surface area contributed by atoms with Crippen molar-refractivity contribution in [1.29, 1.82) is 0 Å². The van der Waals surface area contributed by atoms with E-state index in [9.17, 15) is 9.59 Å². The number of amides is 1. The minimum Gasteiger partial charge on any atom is -0.481 e. The summed E-state index contributed by atoms with van der Waals surface area (Å²) in [6, 6.07) is 0. The quantitative estimate of drug-likeness (QED) is 0.720. The molecule has 6 heteroatoms. The van der Waals surface area contributed by atoms with E-state index < -0.39 is 11.9 Å². The summed E-state index contributed by atoms with van der Waals surface area (Å²) in [5.74, 6) is -1.84. The Bertz CT molecular complexity index is 437. The van der Waals surface area contributed by atoms with Crippen molar-refractivity contribution in [2.45, 2.75) is 6.92 Å². The van der Waals surface area contributed by atoms with Gasteiger partial charge in [0, 0.05) is 31.4 Å². The van der Waals surface area contributed by atoms with Crippen LogP contribution >= 0.6 is 0 Å². The van der Waals surface area contributed by atoms with Gasteiger partial charge in [0.05, 0.1) is 12.1 Å². The molecule has 0 spiro atoms. The number of rotatable bonds is 5. The topological polar surface area (TPSA) is 84.2 Å². The van der Waals surface area contributed by atoms with Gasteiger partial charge in [-0.25, -0.2) is 0 Å².